The van der Waals surface area contributed by atoms with Crippen molar-refractivity contribution in [3.8, 4) is 0 Å². The molecule has 1 aromatic carbocycles. The number of likely N-dealkylation sites (tertiary alicyclic amines) is 1. The molecular formula is C18H17NO3S. The molecule has 1 amide bonds. The van der Waals surface area contributed by atoms with Gasteiger partial charge in [-0.1, -0.05) is 18.2 Å². The Kier molecular flexibility index (Phi) is 3.65. The van der Waals surface area contributed by atoms with Crippen LogP contribution in [0.2, 0.25) is 0 Å². The Morgan fingerprint density at radius 1 is 1.26 bits per heavy atom. The minimum Gasteiger partial charge on any atom is -0.448 e. The second-order valence-electron chi connectivity index (χ2n) is 6.00. The number of hydrogen-bond donors (Lipinski definition) is 0. The quantitative estimate of drug-likeness (QED) is 0.796. The van der Waals surface area contributed by atoms with Gasteiger partial charge in [-0.25, -0.2) is 4.79 Å². The van der Waals surface area contributed by atoms with Gasteiger partial charge in [0, 0.05) is 13.0 Å². The molecule has 4 rings (SSSR count). The van der Waals surface area contributed by atoms with Crippen molar-refractivity contribution in [2.45, 2.75) is 31.4 Å². The summed E-state index contributed by atoms with van der Waals surface area (Å²) in [6.07, 6.45) is 1.73. The summed E-state index contributed by atoms with van der Waals surface area (Å²) in [5.41, 5.74) is 2.66. The molecule has 0 bridgehead atoms. The maximum Gasteiger partial charge on any atom is 0.339 e. The normalized spacial score (nSPS) is 23.5. The van der Waals surface area contributed by atoms with Gasteiger partial charge in [-0.3, -0.25) is 4.79 Å². The van der Waals surface area contributed by atoms with Gasteiger partial charge in [0.1, 0.15) is 0 Å². The van der Waals surface area contributed by atoms with E-state index in [4.69, 9.17) is 4.74 Å². The zero-order valence-electron chi connectivity index (χ0n) is 12.6. The molecule has 0 saturated carbocycles. The highest BCUT2D eigenvalue weighted by molar-refractivity contribution is 7.08. The molecule has 0 unspecified atom stereocenters. The van der Waals surface area contributed by atoms with Crippen LogP contribution in [0.15, 0.2) is 41.1 Å². The first-order chi connectivity index (χ1) is 11.2. The lowest BCUT2D eigenvalue weighted by molar-refractivity contribution is -0.142. The molecule has 118 valence electrons. The third-order valence-corrected chi connectivity index (χ3v) is 5.33. The highest BCUT2D eigenvalue weighted by Gasteiger charge is 2.38. The molecule has 4 nitrogen and oxygen atoms in total. The van der Waals surface area contributed by atoms with E-state index >= 15 is 0 Å². The second kappa shape index (κ2) is 5.81. The predicted octanol–water partition coefficient (Wildman–Crippen LogP) is 3.19. The van der Waals surface area contributed by atoms with Crippen LogP contribution in [0.1, 0.15) is 40.4 Å². The van der Waals surface area contributed by atoms with Gasteiger partial charge in [-0.15, -0.1) is 0 Å². The molecule has 1 saturated heterocycles. The number of cyclic esters (lactones) is 1. The van der Waals surface area contributed by atoms with Crippen LogP contribution in [0.4, 0.5) is 0 Å². The Morgan fingerprint density at radius 2 is 2.13 bits per heavy atom. The molecule has 0 spiro atoms. The van der Waals surface area contributed by atoms with E-state index in [1.807, 2.05) is 28.5 Å². The van der Waals surface area contributed by atoms with Crippen LogP contribution in [0.3, 0.4) is 0 Å². The molecule has 23 heavy (non-hydrogen) atoms. The highest BCUT2D eigenvalue weighted by Crippen LogP contribution is 2.34. The van der Waals surface area contributed by atoms with Gasteiger partial charge in [-0.2, -0.15) is 11.3 Å². The van der Waals surface area contributed by atoms with E-state index in [0.29, 0.717) is 12.0 Å². The van der Waals surface area contributed by atoms with Gasteiger partial charge in [-0.05, 0) is 46.9 Å². The average molecular weight is 327 g/mol. The predicted molar refractivity (Wildman–Crippen MR) is 87.4 cm³/mol. The van der Waals surface area contributed by atoms with Crippen LogP contribution in [-0.4, -0.2) is 29.4 Å². The number of esters is 1. The summed E-state index contributed by atoms with van der Waals surface area (Å²) in [4.78, 5) is 26.9. The number of thiophene rings is 1. The first-order valence-electron chi connectivity index (χ1n) is 7.85. The number of carbonyl (C=O) groups is 2. The fourth-order valence-electron chi connectivity index (χ4n) is 3.50. The van der Waals surface area contributed by atoms with Gasteiger partial charge in [0.2, 0.25) is 0 Å². The zero-order valence-corrected chi connectivity index (χ0v) is 13.4. The minimum atomic E-state index is -0.698. The standard InChI is InChI=1S/C18H17NO3S/c20-17(19-8-3-6-15(19)13-7-9-23-11-13)16-10-12-4-1-2-5-14(12)18(21)22-16/h1-2,4-5,7,9,11,15-16H,3,6,8,10H2/t15-,16-/m1/s1. The summed E-state index contributed by atoms with van der Waals surface area (Å²) >= 11 is 1.64. The molecule has 1 aromatic heterocycles. The molecule has 2 aromatic rings. The number of carbonyl (C=O) groups excluding carboxylic acids is 2. The van der Waals surface area contributed by atoms with Crippen molar-refractivity contribution in [2.75, 3.05) is 6.54 Å². The topological polar surface area (TPSA) is 46.6 Å². The number of nitrogens with zero attached hydrogens (tertiary/aromatic N) is 1. The Bertz CT molecular complexity index is 740. The monoisotopic (exact) mass is 327 g/mol. The lowest BCUT2D eigenvalue weighted by Gasteiger charge is -2.30. The maximum atomic E-state index is 12.9. The van der Waals surface area contributed by atoms with E-state index in [-0.39, 0.29) is 11.9 Å². The highest BCUT2D eigenvalue weighted by atomic mass is 32.1. The largest absolute Gasteiger partial charge is 0.448 e. The molecule has 2 atom stereocenters. The molecule has 1 fully saturated rings. The van der Waals surface area contributed by atoms with E-state index in [0.717, 1.165) is 24.9 Å². The molecule has 2 aliphatic rings. The lowest BCUT2D eigenvalue weighted by atomic mass is 9.97. The molecule has 3 heterocycles. The van der Waals surface area contributed by atoms with E-state index in [1.54, 1.807) is 17.4 Å². The van der Waals surface area contributed by atoms with Crippen molar-refractivity contribution >= 4 is 23.2 Å². The van der Waals surface area contributed by atoms with Crippen molar-refractivity contribution in [2.24, 2.45) is 0 Å². The van der Waals surface area contributed by atoms with Crippen LogP contribution in [0.5, 0.6) is 0 Å². The summed E-state index contributed by atoms with van der Waals surface area (Å²) in [5.74, 6) is -0.460. The van der Waals surface area contributed by atoms with Crippen molar-refractivity contribution in [3.05, 3.63) is 57.8 Å². The SMILES string of the molecule is O=C1O[C@@H](C(=O)N2CCC[C@@H]2c2ccsc2)Cc2ccccc21. The Hall–Kier alpha value is -2.14. The summed E-state index contributed by atoms with van der Waals surface area (Å²) in [6.45, 7) is 0.731. The third-order valence-electron chi connectivity index (χ3n) is 4.63. The first kappa shape index (κ1) is 14.5. The number of rotatable bonds is 2. The second-order valence-corrected chi connectivity index (χ2v) is 6.78. The van der Waals surface area contributed by atoms with E-state index < -0.39 is 12.1 Å². The number of fused-ring (bicyclic) bond motifs is 1. The van der Waals surface area contributed by atoms with E-state index in [9.17, 15) is 9.59 Å². The average Bonchev–Trinajstić information content (AvgIpc) is 3.25. The van der Waals surface area contributed by atoms with Crippen molar-refractivity contribution in [1.29, 1.82) is 0 Å². The number of amides is 1. The Morgan fingerprint density at radius 3 is 2.96 bits per heavy atom. The van der Waals surface area contributed by atoms with Gasteiger partial charge in [0.25, 0.3) is 5.91 Å². The van der Waals surface area contributed by atoms with Crippen LogP contribution >= 0.6 is 11.3 Å². The number of hydrogen-bond acceptors (Lipinski definition) is 4. The summed E-state index contributed by atoms with van der Waals surface area (Å²) in [7, 11) is 0. The van der Waals surface area contributed by atoms with Gasteiger partial charge < -0.3 is 9.64 Å². The minimum absolute atomic E-state index is 0.0680. The van der Waals surface area contributed by atoms with E-state index in [2.05, 4.69) is 11.4 Å². The Balaban J connectivity index is 1.57. The number of ether oxygens (including phenoxy) is 1. The first-order valence-corrected chi connectivity index (χ1v) is 8.80. The van der Waals surface area contributed by atoms with Gasteiger partial charge >= 0.3 is 5.97 Å². The van der Waals surface area contributed by atoms with Crippen LogP contribution in [0, 0.1) is 0 Å². The summed E-state index contributed by atoms with van der Waals surface area (Å²) in [6, 6.07) is 9.55. The number of benzene rings is 1. The summed E-state index contributed by atoms with van der Waals surface area (Å²) < 4.78 is 5.43. The van der Waals surface area contributed by atoms with E-state index in [1.165, 1.54) is 5.56 Å². The molecular weight excluding hydrogens is 310 g/mol. The van der Waals surface area contributed by atoms with Crippen LogP contribution in [-0.2, 0) is 16.0 Å². The fourth-order valence-corrected chi connectivity index (χ4v) is 4.20. The molecule has 0 N–H and O–H groups in total. The van der Waals surface area contributed by atoms with Crippen molar-refractivity contribution in [1.82, 2.24) is 4.90 Å². The summed E-state index contributed by atoms with van der Waals surface area (Å²) in [5, 5.41) is 4.13. The molecule has 5 heteroatoms. The fraction of sp³-hybridized carbons (Fsp3) is 0.333. The lowest BCUT2D eigenvalue weighted by Crippen LogP contribution is -2.44. The Labute approximate surface area is 138 Å². The van der Waals surface area contributed by atoms with Gasteiger partial charge in [0.15, 0.2) is 6.10 Å². The van der Waals surface area contributed by atoms with Crippen molar-refractivity contribution in [3.63, 3.8) is 0 Å². The molecule has 2 aliphatic heterocycles. The maximum absolute atomic E-state index is 12.9. The molecule has 0 aliphatic carbocycles. The smallest absolute Gasteiger partial charge is 0.339 e. The third kappa shape index (κ3) is 2.55. The van der Waals surface area contributed by atoms with Crippen molar-refractivity contribution < 1.29 is 14.3 Å². The zero-order chi connectivity index (χ0) is 15.8. The molecule has 0 radical (unpaired) electrons. The van der Waals surface area contributed by atoms with Gasteiger partial charge in [0.05, 0.1) is 11.6 Å². The van der Waals surface area contributed by atoms with Crippen LogP contribution in [0.25, 0.3) is 0 Å². The van der Waals surface area contributed by atoms with Crippen LogP contribution < -0.4 is 0 Å².